The van der Waals surface area contributed by atoms with Gasteiger partial charge in [0.25, 0.3) is 0 Å². The van der Waals surface area contributed by atoms with E-state index in [-0.39, 0.29) is 5.92 Å². The lowest BCUT2D eigenvalue weighted by molar-refractivity contribution is -0.148. The first kappa shape index (κ1) is 14.9. The third-order valence-electron chi connectivity index (χ3n) is 3.05. The summed E-state index contributed by atoms with van der Waals surface area (Å²) >= 11 is 0. The molecule has 1 aliphatic heterocycles. The van der Waals surface area contributed by atoms with E-state index in [1.807, 2.05) is 0 Å². The number of rotatable bonds is 6. The van der Waals surface area contributed by atoms with E-state index in [2.05, 4.69) is 10.2 Å². The number of carbonyl (C=O) groups excluding carboxylic acids is 1. The molecule has 0 aromatic rings. The smallest absolute Gasteiger partial charge is 0.316 e. The number of morpholine rings is 1. The van der Waals surface area contributed by atoms with Gasteiger partial charge >= 0.3 is 5.97 Å². The van der Waals surface area contributed by atoms with Crippen molar-refractivity contribution in [2.24, 2.45) is 11.8 Å². The molecular weight excluding hydrogens is 236 g/mol. The van der Waals surface area contributed by atoms with Crippen molar-refractivity contribution in [3.8, 4) is 0 Å². The Morgan fingerprint density at radius 3 is 2.44 bits per heavy atom. The highest BCUT2D eigenvalue weighted by molar-refractivity contribution is 5.97. The maximum Gasteiger partial charge on any atom is 0.316 e. The first-order valence-corrected chi connectivity index (χ1v) is 6.33. The monoisotopic (exact) mass is 258 g/mol. The Bertz CT molecular complexity index is 288. The second kappa shape index (κ2) is 7.33. The van der Waals surface area contributed by atoms with Gasteiger partial charge in [-0.2, -0.15) is 0 Å². The Balaban J connectivity index is 2.28. The summed E-state index contributed by atoms with van der Waals surface area (Å²) in [4.78, 5) is 24.9. The van der Waals surface area contributed by atoms with Crippen LogP contribution in [0.2, 0.25) is 0 Å². The molecule has 0 bridgehead atoms. The molecule has 1 amide bonds. The van der Waals surface area contributed by atoms with Crippen LogP contribution in [0.4, 0.5) is 0 Å². The van der Waals surface area contributed by atoms with Crippen molar-refractivity contribution in [1.82, 2.24) is 10.2 Å². The normalized spacial score (nSPS) is 18.6. The van der Waals surface area contributed by atoms with Gasteiger partial charge in [0.1, 0.15) is 5.92 Å². The van der Waals surface area contributed by atoms with E-state index >= 15 is 0 Å². The molecule has 1 heterocycles. The van der Waals surface area contributed by atoms with Crippen LogP contribution >= 0.6 is 0 Å². The van der Waals surface area contributed by atoms with Crippen LogP contribution in [0, 0.1) is 11.8 Å². The summed E-state index contributed by atoms with van der Waals surface area (Å²) in [6.07, 6.45) is 0. The minimum Gasteiger partial charge on any atom is -0.481 e. The summed E-state index contributed by atoms with van der Waals surface area (Å²) in [5.74, 6) is -2.62. The fourth-order valence-corrected chi connectivity index (χ4v) is 1.97. The second-order valence-electron chi connectivity index (χ2n) is 4.80. The maximum absolute atomic E-state index is 11.7. The van der Waals surface area contributed by atoms with Gasteiger partial charge in [0.05, 0.1) is 13.2 Å². The van der Waals surface area contributed by atoms with Gasteiger partial charge in [-0.15, -0.1) is 0 Å². The zero-order valence-electron chi connectivity index (χ0n) is 11.0. The van der Waals surface area contributed by atoms with Gasteiger partial charge in [-0.25, -0.2) is 0 Å². The largest absolute Gasteiger partial charge is 0.481 e. The average Bonchev–Trinajstić information content (AvgIpc) is 2.29. The molecule has 2 N–H and O–H groups in total. The van der Waals surface area contributed by atoms with E-state index < -0.39 is 17.8 Å². The van der Waals surface area contributed by atoms with Crippen molar-refractivity contribution < 1.29 is 19.4 Å². The number of aliphatic carboxylic acids is 1. The highest BCUT2D eigenvalue weighted by Gasteiger charge is 2.29. The third-order valence-corrected chi connectivity index (χ3v) is 3.05. The Labute approximate surface area is 107 Å². The topological polar surface area (TPSA) is 78.9 Å². The zero-order valence-corrected chi connectivity index (χ0v) is 11.0. The van der Waals surface area contributed by atoms with Gasteiger partial charge < -0.3 is 15.2 Å². The minimum atomic E-state index is -1.06. The first-order chi connectivity index (χ1) is 8.52. The molecule has 0 spiro atoms. The molecule has 1 rings (SSSR count). The van der Waals surface area contributed by atoms with Gasteiger partial charge in [0.2, 0.25) is 5.91 Å². The molecular formula is C12H22N2O4. The molecule has 0 radical (unpaired) electrons. The van der Waals surface area contributed by atoms with Crippen molar-refractivity contribution in [2.45, 2.75) is 13.8 Å². The minimum absolute atomic E-state index is 0.203. The number of nitrogens with zero attached hydrogens (tertiary/aromatic N) is 1. The molecule has 1 saturated heterocycles. The summed E-state index contributed by atoms with van der Waals surface area (Å²) in [5, 5.41) is 11.7. The van der Waals surface area contributed by atoms with Crippen LogP contribution in [0.5, 0.6) is 0 Å². The SMILES string of the molecule is CC(C)[C@@H](C(=O)O)C(=O)NCCN1CCOCC1. The Hall–Kier alpha value is -1.14. The van der Waals surface area contributed by atoms with Crippen molar-refractivity contribution in [3.05, 3.63) is 0 Å². The molecule has 0 aromatic heterocycles. The van der Waals surface area contributed by atoms with E-state index in [4.69, 9.17) is 9.84 Å². The molecule has 104 valence electrons. The second-order valence-corrected chi connectivity index (χ2v) is 4.80. The van der Waals surface area contributed by atoms with Crippen LogP contribution in [0.1, 0.15) is 13.8 Å². The van der Waals surface area contributed by atoms with Crippen LogP contribution in [-0.2, 0) is 14.3 Å². The summed E-state index contributed by atoms with van der Waals surface area (Å²) in [7, 11) is 0. The van der Waals surface area contributed by atoms with Crippen LogP contribution in [0.3, 0.4) is 0 Å². The summed E-state index contributed by atoms with van der Waals surface area (Å²) in [6.45, 7) is 7.86. The van der Waals surface area contributed by atoms with Crippen molar-refractivity contribution in [3.63, 3.8) is 0 Å². The predicted molar refractivity (Wildman–Crippen MR) is 66.2 cm³/mol. The molecule has 6 nitrogen and oxygen atoms in total. The fraction of sp³-hybridized carbons (Fsp3) is 0.833. The standard InChI is InChI=1S/C12H22N2O4/c1-9(2)10(12(16)17)11(15)13-3-4-14-5-7-18-8-6-14/h9-10H,3-8H2,1-2H3,(H,13,15)(H,16,17)/t10-/m1/s1. The molecule has 0 saturated carbocycles. The molecule has 18 heavy (non-hydrogen) atoms. The Morgan fingerprint density at radius 1 is 1.33 bits per heavy atom. The van der Waals surface area contributed by atoms with Crippen molar-refractivity contribution in [2.75, 3.05) is 39.4 Å². The zero-order chi connectivity index (χ0) is 13.5. The number of amides is 1. The number of carboxylic acids is 1. The summed E-state index contributed by atoms with van der Waals surface area (Å²) < 4.78 is 5.22. The van der Waals surface area contributed by atoms with Crippen LogP contribution < -0.4 is 5.32 Å². The number of hydrogen-bond donors (Lipinski definition) is 2. The molecule has 1 atom stereocenters. The highest BCUT2D eigenvalue weighted by Crippen LogP contribution is 2.10. The number of nitrogens with one attached hydrogen (secondary N) is 1. The molecule has 0 aromatic carbocycles. The number of hydrogen-bond acceptors (Lipinski definition) is 4. The summed E-state index contributed by atoms with van der Waals surface area (Å²) in [5.41, 5.74) is 0. The molecule has 1 aliphatic rings. The van der Waals surface area contributed by atoms with Gasteiger partial charge in [-0.3, -0.25) is 14.5 Å². The number of carbonyl (C=O) groups is 2. The van der Waals surface area contributed by atoms with E-state index in [9.17, 15) is 9.59 Å². The van der Waals surface area contributed by atoms with Gasteiger partial charge in [0.15, 0.2) is 0 Å². The van der Waals surface area contributed by atoms with E-state index in [0.29, 0.717) is 6.54 Å². The molecule has 1 fully saturated rings. The number of carboxylic acid groups (broad SMARTS) is 1. The van der Waals surface area contributed by atoms with Crippen LogP contribution in [0.25, 0.3) is 0 Å². The first-order valence-electron chi connectivity index (χ1n) is 6.33. The highest BCUT2D eigenvalue weighted by atomic mass is 16.5. The van der Waals surface area contributed by atoms with Gasteiger partial charge in [0, 0.05) is 26.2 Å². The van der Waals surface area contributed by atoms with Crippen LogP contribution in [0.15, 0.2) is 0 Å². The van der Waals surface area contributed by atoms with Crippen molar-refractivity contribution in [1.29, 1.82) is 0 Å². The van der Waals surface area contributed by atoms with Gasteiger partial charge in [-0.1, -0.05) is 13.8 Å². The third kappa shape index (κ3) is 4.62. The van der Waals surface area contributed by atoms with Gasteiger partial charge in [-0.05, 0) is 5.92 Å². The lowest BCUT2D eigenvalue weighted by atomic mass is 9.95. The Kier molecular flexibility index (Phi) is 6.07. The maximum atomic E-state index is 11.7. The van der Waals surface area contributed by atoms with Crippen molar-refractivity contribution >= 4 is 11.9 Å². The lowest BCUT2D eigenvalue weighted by Crippen LogP contribution is -2.44. The molecule has 0 aliphatic carbocycles. The summed E-state index contributed by atoms with van der Waals surface area (Å²) in [6, 6.07) is 0. The quantitative estimate of drug-likeness (QED) is 0.645. The fourth-order valence-electron chi connectivity index (χ4n) is 1.97. The molecule has 6 heteroatoms. The predicted octanol–water partition coefficient (Wildman–Crippen LogP) is -0.208. The number of ether oxygens (including phenoxy) is 1. The van der Waals surface area contributed by atoms with E-state index in [0.717, 1.165) is 32.8 Å². The van der Waals surface area contributed by atoms with E-state index in [1.165, 1.54) is 0 Å². The Morgan fingerprint density at radius 2 is 1.94 bits per heavy atom. The lowest BCUT2D eigenvalue weighted by Gasteiger charge is -2.26. The van der Waals surface area contributed by atoms with Crippen LogP contribution in [-0.4, -0.2) is 61.3 Å². The molecule has 0 unspecified atom stereocenters. The van der Waals surface area contributed by atoms with E-state index in [1.54, 1.807) is 13.8 Å². The average molecular weight is 258 g/mol.